The Labute approximate surface area is 536 Å². The van der Waals surface area contributed by atoms with Crippen LogP contribution in [0.4, 0.5) is 29.0 Å². The van der Waals surface area contributed by atoms with E-state index in [9.17, 15) is 24.0 Å². The highest BCUT2D eigenvalue weighted by atomic mass is 35.5. The second-order valence-electron chi connectivity index (χ2n) is 20.5. The van der Waals surface area contributed by atoms with Gasteiger partial charge in [0, 0.05) is 65.2 Å². The van der Waals surface area contributed by atoms with E-state index in [-0.39, 0.29) is 86.0 Å². The summed E-state index contributed by atoms with van der Waals surface area (Å²) in [4.78, 5) is 76.4. The van der Waals surface area contributed by atoms with Gasteiger partial charge in [0.1, 0.15) is 0 Å². The number of halogens is 5. The third-order valence-corrected chi connectivity index (χ3v) is 15.0. The molecule has 10 N–H and O–H groups in total. The number of amides is 5. The van der Waals surface area contributed by atoms with Crippen molar-refractivity contribution in [3.8, 4) is 23.0 Å². The van der Waals surface area contributed by atoms with Crippen LogP contribution < -0.4 is 61.9 Å². The van der Waals surface area contributed by atoms with Gasteiger partial charge in [0.05, 0.1) is 15.7 Å². The summed E-state index contributed by atoms with van der Waals surface area (Å²) in [6, 6.07) is 24.6. The minimum atomic E-state index is -0.392. The first kappa shape index (κ1) is 66.6. The van der Waals surface area contributed by atoms with Crippen molar-refractivity contribution in [2.75, 3.05) is 85.4 Å². The maximum atomic E-state index is 11.5. The maximum Gasteiger partial charge on any atom is 0.285 e. The molecular weight excluding hydrogens is 1260 g/mol. The fourth-order valence-electron chi connectivity index (χ4n) is 9.52. The first-order valence-electron chi connectivity index (χ1n) is 27.5. The number of ether oxygens (including phenoxy) is 5. The highest BCUT2D eigenvalue weighted by Crippen LogP contribution is 2.39. The Bertz CT molecular complexity index is 3540. The van der Waals surface area contributed by atoms with E-state index >= 15 is 0 Å². The quantitative estimate of drug-likeness (QED) is 0.0824. The molecule has 2 fully saturated rings. The summed E-state index contributed by atoms with van der Waals surface area (Å²) in [5.74, 6) is 3.35. The lowest BCUT2D eigenvalue weighted by Crippen LogP contribution is -2.52. The summed E-state index contributed by atoms with van der Waals surface area (Å²) in [7, 11) is 0. The molecule has 6 aromatic rings. The molecule has 8 aliphatic rings. The van der Waals surface area contributed by atoms with Crippen LogP contribution in [-0.2, 0) is 41.6 Å². The molecule has 0 unspecified atom stereocenters. The van der Waals surface area contributed by atoms with Gasteiger partial charge in [-0.05, 0) is 129 Å². The van der Waals surface area contributed by atoms with E-state index in [0.717, 1.165) is 85.5 Å². The number of fused-ring (bicyclic) bond motifs is 5. The second kappa shape index (κ2) is 31.2. The number of aromatic nitrogens is 4. The molecule has 4 aromatic heterocycles. The average Bonchev–Trinajstić information content (AvgIpc) is 3.60. The number of pyridine rings is 4. The van der Waals surface area contributed by atoms with Crippen LogP contribution >= 0.6 is 58.8 Å². The SMILES string of the molecule is Cl.NC1(Cc2ccc(Cl)cc2)CCN(c2ccnc3c2OCC(=O)N3)CC1.NC1(Cc2ccc(Cl)cc2)CCNCC1.O=C1COC2=CC=CN(O)C2=N1.O=C1COc2c(Cl)ccnc2N1.O=C1COc2c(Cl)ccnc2N1.O=C1COc2cccnc2N1. The van der Waals surface area contributed by atoms with Crippen molar-refractivity contribution in [3.05, 3.63) is 159 Å². The van der Waals surface area contributed by atoms with E-state index in [2.05, 4.69) is 68.5 Å². The standard InChI is InChI=1S/C19H21ClN4O2.C12H17ClN2.2C7H5ClN2O2.C7H6N2O3.C7H6N2O2.ClH/c20-14-3-1-13(2-4-14)11-19(21)6-9-24(10-7-19)15-5-8-22-18-17(15)26-12-16(25)23-18;13-11-3-1-10(2-4-11)9-12(14)5-7-15-8-6-12;2*8-4-1-2-9-7-6(4)12-3-5(11)10-7;10-6-4-12-5-2-1-3-9(11)7(5)8-6;10-6-4-11-5-2-1-3-8-7(5)9-6;/h1-5,8H,6-7,9-12,21H2,(H,22,23,25);1-4,15H,5-9,14H2;2*1-2H,3H2,(H,9,10,11);1-3,11H,4H2;1-3H,4H2,(H,8,9,10);1H. The van der Waals surface area contributed by atoms with Gasteiger partial charge in [-0.25, -0.2) is 25.0 Å². The van der Waals surface area contributed by atoms with Gasteiger partial charge >= 0.3 is 0 Å². The van der Waals surface area contributed by atoms with E-state index in [4.69, 9.17) is 86.8 Å². The molecule has 0 atom stereocenters. The van der Waals surface area contributed by atoms with Gasteiger partial charge in [-0.15, -0.1) is 12.4 Å². The van der Waals surface area contributed by atoms with Crippen molar-refractivity contribution in [2.24, 2.45) is 16.5 Å². The fourth-order valence-corrected chi connectivity index (χ4v) is 10.2. The number of nitrogens with one attached hydrogen (secondary N) is 5. The van der Waals surface area contributed by atoms with Gasteiger partial charge in [0.15, 0.2) is 85.1 Å². The number of rotatable bonds is 5. The van der Waals surface area contributed by atoms with Gasteiger partial charge in [-0.3, -0.25) is 29.2 Å². The number of hydroxylamine groups is 2. The highest BCUT2D eigenvalue weighted by molar-refractivity contribution is 6.33. The molecule has 12 heterocycles. The molecule has 468 valence electrons. The van der Waals surface area contributed by atoms with Gasteiger partial charge < -0.3 is 66.6 Å². The zero-order chi connectivity index (χ0) is 62.2. The summed E-state index contributed by atoms with van der Waals surface area (Å²) in [6.07, 6.45) is 16.6. The van der Waals surface area contributed by atoms with Gasteiger partial charge in [0.25, 0.3) is 29.5 Å². The Hall–Kier alpha value is -8.37. The largest absolute Gasteiger partial charge is 0.480 e. The molecule has 89 heavy (non-hydrogen) atoms. The summed E-state index contributed by atoms with van der Waals surface area (Å²) >= 11 is 23.4. The minimum Gasteiger partial charge on any atom is -0.480 e. The third-order valence-electron chi connectivity index (χ3n) is 13.9. The fraction of sp³-hybridized carbons (Fsp3) is 0.288. The molecule has 0 aliphatic carbocycles. The summed E-state index contributed by atoms with van der Waals surface area (Å²) < 4.78 is 25.8. The van der Waals surface area contributed by atoms with Crippen molar-refractivity contribution < 1.29 is 52.9 Å². The molecule has 0 saturated carbocycles. The van der Waals surface area contributed by atoms with Crippen LogP contribution in [0, 0.1) is 0 Å². The number of aliphatic imine (C=N–C) groups is 1. The first-order chi connectivity index (χ1) is 42.4. The molecule has 14 rings (SSSR count). The predicted molar refractivity (Wildman–Crippen MR) is 338 cm³/mol. The van der Waals surface area contributed by atoms with Crippen LogP contribution in [0.1, 0.15) is 36.8 Å². The van der Waals surface area contributed by atoms with E-state index in [1.54, 1.807) is 48.8 Å². The summed E-state index contributed by atoms with van der Waals surface area (Å²) in [5.41, 5.74) is 16.2. The molecular formula is C59H61Cl5N14O11. The van der Waals surface area contributed by atoms with Crippen LogP contribution in [0.5, 0.6) is 23.0 Å². The minimum absolute atomic E-state index is 0. The number of carbonyl (C=O) groups is 5. The Morgan fingerprint density at radius 1 is 0.539 bits per heavy atom. The number of hydrogen-bond acceptors (Lipinski definition) is 20. The zero-order valence-corrected chi connectivity index (χ0v) is 51.2. The highest BCUT2D eigenvalue weighted by Gasteiger charge is 2.34. The number of nitrogens with zero attached hydrogens (tertiary/aromatic N) is 7. The lowest BCUT2D eigenvalue weighted by Gasteiger charge is -2.41. The van der Waals surface area contributed by atoms with Crippen molar-refractivity contribution in [3.63, 3.8) is 0 Å². The van der Waals surface area contributed by atoms with Gasteiger partial charge in [0.2, 0.25) is 5.84 Å². The summed E-state index contributed by atoms with van der Waals surface area (Å²) in [5, 5.41) is 26.1. The Balaban J connectivity index is 0.000000143. The third kappa shape index (κ3) is 18.8. The maximum absolute atomic E-state index is 11.5. The molecule has 2 saturated heterocycles. The van der Waals surface area contributed by atoms with Crippen molar-refractivity contribution in [2.45, 2.75) is 49.6 Å². The van der Waals surface area contributed by atoms with E-state index in [0.29, 0.717) is 62.1 Å². The van der Waals surface area contributed by atoms with Crippen LogP contribution in [0.15, 0.2) is 133 Å². The van der Waals surface area contributed by atoms with Crippen LogP contribution in [0.25, 0.3) is 0 Å². The number of carbonyl (C=O) groups excluding carboxylic acids is 5. The van der Waals surface area contributed by atoms with Crippen molar-refractivity contribution >= 4 is 123 Å². The normalized spacial score (nSPS) is 17.4. The molecule has 0 spiro atoms. The van der Waals surface area contributed by atoms with E-state index in [1.807, 2.05) is 42.5 Å². The molecule has 25 nitrogen and oxygen atoms in total. The molecule has 30 heteroatoms. The van der Waals surface area contributed by atoms with Crippen molar-refractivity contribution in [1.29, 1.82) is 0 Å². The molecule has 0 bridgehead atoms. The molecule has 5 amide bonds. The van der Waals surface area contributed by atoms with Crippen LogP contribution in [0.2, 0.25) is 20.1 Å². The predicted octanol–water partition coefficient (Wildman–Crippen LogP) is 7.58. The topological polar surface area (TPSA) is 334 Å². The lowest BCUT2D eigenvalue weighted by molar-refractivity contribution is -0.122. The zero-order valence-electron chi connectivity index (χ0n) is 47.4. The Kier molecular flexibility index (Phi) is 23.3. The average molecular weight is 1320 g/mol. The molecule has 2 aromatic carbocycles. The van der Waals surface area contributed by atoms with Gasteiger partial charge in [-0.2, -0.15) is 4.99 Å². The number of anilines is 5. The lowest BCUT2D eigenvalue weighted by atomic mass is 9.82. The Morgan fingerprint density at radius 3 is 1.54 bits per heavy atom. The first-order valence-corrected chi connectivity index (χ1v) is 29.0. The van der Waals surface area contributed by atoms with Gasteiger partial charge in [-0.1, -0.05) is 70.7 Å². The summed E-state index contributed by atoms with van der Waals surface area (Å²) in [6.45, 7) is 3.77. The number of allylic oxidation sites excluding steroid dienone is 2. The second-order valence-corrected chi connectivity index (χ2v) is 22.2. The smallest absolute Gasteiger partial charge is 0.285 e. The van der Waals surface area contributed by atoms with Crippen LogP contribution in [0.3, 0.4) is 0 Å². The monoisotopic (exact) mass is 1320 g/mol. The number of hydrogen-bond donors (Lipinski definition) is 8. The number of amidine groups is 1. The van der Waals surface area contributed by atoms with Crippen molar-refractivity contribution in [1.82, 2.24) is 30.3 Å². The molecule has 0 radical (unpaired) electrons. The van der Waals surface area contributed by atoms with E-state index < -0.39 is 5.91 Å². The Morgan fingerprint density at radius 2 is 1.00 bits per heavy atom. The molecule has 8 aliphatic heterocycles. The number of benzene rings is 2. The number of piperidine rings is 2. The van der Waals surface area contributed by atoms with E-state index in [1.165, 1.54) is 29.7 Å². The van der Waals surface area contributed by atoms with Crippen LogP contribution in [-0.4, -0.2) is 136 Å². The number of nitrogens with two attached hydrogens (primary N) is 2.